The number of aromatic hydroxyl groups is 2. The van der Waals surface area contributed by atoms with Crippen LogP contribution in [0.5, 0.6) is 11.5 Å². The quantitative estimate of drug-likeness (QED) is 0.343. The molecule has 1 saturated heterocycles. The number of aliphatic hydroxyl groups is 4. The summed E-state index contributed by atoms with van der Waals surface area (Å²) in [6, 6.07) is 4.21. The summed E-state index contributed by atoms with van der Waals surface area (Å²) in [5.41, 5.74) is 0.527. The van der Waals surface area contributed by atoms with E-state index >= 15 is 0 Å². The van der Waals surface area contributed by atoms with Gasteiger partial charge in [-0.15, -0.1) is 0 Å². The van der Waals surface area contributed by atoms with Gasteiger partial charge >= 0.3 is 0 Å². The van der Waals surface area contributed by atoms with E-state index in [1.54, 1.807) is 13.0 Å². The highest BCUT2D eigenvalue weighted by molar-refractivity contribution is 5.41. The molecule has 0 amide bonds. The molecular weight excluding hydrogens is 348 g/mol. The minimum absolute atomic E-state index is 0.272. The summed E-state index contributed by atoms with van der Waals surface area (Å²) in [4.78, 5) is 0. The number of aliphatic hydroxyl groups excluding tert-OH is 4. The molecular formula is C17H26O9. The molecule has 0 saturated carbocycles. The smallest absolute Gasteiger partial charge is 0.187 e. The number of phenols is 2. The van der Waals surface area contributed by atoms with Gasteiger partial charge in [-0.1, -0.05) is 13.0 Å². The zero-order valence-corrected chi connectivity index (χ0v) is 14.6. The molecule has 2 rings (SSSR count). The summed E-state index contributed by atoms with van der Waals surface area (Å²) in [6.07, 6.45) is -7.79. The van der Waals surface area contributed by atoms with Crippen LogP contribution in [0, 0.1) is 0 Å². The van der Waals surface area contributed by atoms with Gasteiger partial charge in [0, 0.05) is 7.11 Å². The lowest BCUT2D eigenvalue weighted by Crippen LogP contribution is -2.59. The first kappa shape index (κ1) is 20.8. The van der Waals surface area contributed by atoms with Gasteiger partial charge in [0.2, 0.25) is 0 Å². The maximum Gasteiger partial charge on any atom is 0.187 e. The fourth-order valence-corrected chi connectivity index (χ4v) is 2.95. The Hall–Kier alpha value is -1.46. The van der Waals surface area contributed by atoms with Crippen molar-refractivity contribution in [2.75, 3.05) is 13.7 Å². The van der Waals surface area contributed by atoms with Gasteiger partial charge in [-0.25, -0.2) is 0 Å². The van der Waals surface area contributed by atoms with Crippen LogP contribution in [0.2, 0.25) is 0 Å². The minimum Gasteiger partial charge on any atom is -0.504 e. The van der Waals surface area contributed by atoms with E-state index in [9.17, 15) is 30.6 Å². The largest absolute Gasteiger partial charge is 0.504 e. The third-order valence-electron chi connectivity index (χ3n) is 4.48. The Morgan fingerprint density at radius 1 is 1.08 bits per heavy atom. The van der Waals surface area contributed by atoms with Crippen LogP contribution >= 0.6 is 0 Å². The van der Waals surface area contributed by atoms with Crippen LogP contribution in [0.15, 0.2) is 18.2 Å². The lowest BCUT2D eigenvalue weighted by molar-refractivity contribution is -0.318. The van der Waals surface area contributed by atoms with Gasteiger partial charge in [0.15, 0.2) is 17.8 Å². The van der Waals surface area contributed by atoms with Crippen LogP contribution < -0.4 is 0 Å². The van der Waals surface area contributed by atoms with E-state index in [-0.39, 0.29) is 11.5 Å². The molecule has 7 unspecified atom stereocenters. The first-order chi connectivity index (χ1) is 12.3. The number of hydrogen-bond acceptors (Lipinski definition) is 9. The number of rotatable bonds is 7. The molecule has 1 fully saturated rings. The molecule has 9 nitrogen and oxygen atoms in total. The predicted molar refractivity (Wildman–Crippen MR) is 88.5 cm³/mol. The summed E-state index contributed by atoms with van der Waals surface area (Å²) in [6.45, 7) is 1.25. The molecule has 0 aliphatic carbocycles. The van der Waals surface area contributed by atoms with Crippen LogP contribution in [0.1, 0.15) is 25.0 Å². The second-order valence-electron chi connectivity index (χ2n) is 6.18. The molecule has 0 spiro atoms. The predicted octanol–water partition coefficient (Wildman–Crippen LogP) is -0.620. The topological polar surface area (TPSA) is 149 Å². The summed E-state index contributed by atoms with van der Waals surface area (Å²) in [5, 5.41) is 58.2. The van der Waals surface area contributed by atoms with Crippen molar-refractivity contribution in [3.63, 3.8) is 0 Å². The van der Waals surface area contributed by atoms with Crippen molar-refractivity contribution in [3.05, 3.63) is 23.8 Å². The Kier molecular flexibility index (Phi) is 7.18. The highest BCUT2D eigenvalue weighted by Crippen LogP contribution is 2.34. The van der Waals surface area contributed by atoms with Gasteiger partial charge in [-0.3, -0.25) is 0 Å². The normalized spacial score (nSPS) is 31.5. The highest BCUT2D eigenvalue weighted by Gasteiger charge is 2.45. The van der Waals surface area contributed by atoms with E-state index in [0.29, 0.717) is 12.0 Å². The molecule has 1 aliphatic heterocycles. The van der Waals surface area contributed by atoms with Crippen molar-refractivity contribution in [3.8, 4) is 11.5 Å². The standard InChI is InChI=1S/C17H26O9/c1-3-11(16(24-2)8-4-5-9(19)10(20)6-8)25-17-15(23)14(22)13(21)12(7-18)26-17/h4-6,11-23H,3,7H2,1-2H3. The fourth-order valence-electron chi connectivity index (χ4n) is 2.95. The molecule has 1 aliphatic rings. The molecule has 9 heteroatoms. The van der Waals surface area contributed by atoms with Gasteiger partial charge in [-0.2, -0.15) is 0 Å². The maximum absolute atomic E-state index is 10.1. The molecule has 0 radical (unpaired) electrons. The van der Waals surface area contributed by atoms with E-state index in [0.717, 1.165) is 0 Å². The van der Waals surface area contributed by atoms with Crippen LogP contribution in [0.25, 0.3) is 0 Å². The highest BCUT2D eigenvalue weighted by atomic mass is 16.7. The first-order valence-electron chi connectivity index (χ1n) is 8.34. The van der Waals surface area contributed by atoms with Crippen molar-refractivity contribution in [2.45, 2.75) is 56.3 Å². The Morgan fingerprint density at radius 3 is 2.31 bits per heavy atom. The van der Waals surface area contributed by atoms with E-state index in [1.165, 1.54) is 19.2 Å². The molecule has 6 N–H and O–H groups in total. The molecule has 26 heavy (non-hydrogen) atoms. The molecule has 7 atom stereocenters. The SMILES string of the molecule is CCC(OC1OC(CO)C(O)C(O)C1O)C(OC)c1ccc(O)c(O)c1. The monoisotopic (exact) mass is 374 g/mol. The first-order valence-corrected chi connectivity index (χ1v) is 8.34. The van der Waals surface area contributed by atoms with Gasteiger partial charge in [0.25, 0.3) is 0 Å². The maximum atomic E-state index is 10.1. The Bertz CT molecular complexity index is 579. The van der Waals surface area contributed by atoms with Gasteiger partial charge in [0.1, 0.15) is 30.5 Å². The van der Waals surface area contributed by atoms with Crippen LogP contribution in [-0.4, -0.2) is 81.2 Å². The van der Waals surface area contributed by atoms with Gasteiger partial charge < -0.3 is 44.8 Å². The lowest BCUT2D eigenvalue weighted by atomic mass is 9.98. The zero-order chi connectivity index (χ0) is 19.4. The number of hydrogen-bond donors (Lipinski definition) is 6. The van der Waals surface area contributed by atoms with E-state index < -0.39 is 49.5 Å². The van der Waals surface area contributed by atoms with Crippen LogP contribution in [0.4, 0.5) is 0 Å². The summed E-state index contributed by atoms with van der Waals surface area (Å²) in [7, 11) is 1.44. The molecule has 0 aromatic heterocycles. The molecule has 0 bridgehead atoms. The van der Waals surface area contributed by atoms with Crippen molar-refractivity contribution in [2.24, 2.45) is 0 Å². The van der Waals surface area contributed by atoms with E-state index in [4.69, 9.17) is 14.2 Å². The summed E-state index contributed by atoms with van der Waals surface area (Å²) < 4.78 is 16.6. The molecule has 1 aromatic carbocycles. The lowest BCUT2D eigenvalue weighted by Gasteiger charge is -2.41. The number of benzene rings is 1. The second-order valence-corrected chi connectivity index (χ2v) is 6.18. The van der Waals surface area contributed by atoms with Gasteiger partial charge in [0.05, 0.1) is 12.7 Å². The van der Waals surface area contributed by atoms with Crippen LogP contribution in [0.3, 0.4) is 0 Å². The Labute approximate surface area is 151 Å². The Morgan fingerprint density at radius 2 is 1.77 bits per heavy atom. The van der Waals surface area contributed by atoms with E-state index in [1.807, 2.05) is 0 Å². The fraction of sp³-hybridized carbons (Fsp3) is 0.647. The minimum atomic E-state index is -1.54. The van der Waals surface area contributed by atoms with Crippen LogP contribution in [-0.2, 0) is 14.2 Å². The van der Waals surface area contributed by atoms with Crippen molar-refractivity contribution in [1.82, 2.24) is 0 Å². The van der Waals surface area contributed by atoms with Gasteiger partial charge in [-0.05, 0) is 24.1 Å². The average molecular weight is 374 g/mol. The molecule has 1 aromatic rings. The third kappa shape index (κ3) is 4.26. The average Bonchev–Trinajstić information content (AvgIpc) is 2.64. The number of ether oxygens (including phenoxy) is 3. The van der Waals surface area contributed by atoms with Crippen molar-refractivity contribution < 1.29 is 44.8 Å². The van der Waals surface area contributed by atoms with Crippen molar-refractivity contribution in [1.29, 1.82) is 0 Å². The third-order valence-corrected chi connectivity index (χ3v) is 4.48. The Balaban J connectivity index is 2.19. The van der Waals surface area contributed by atoms with E-state index in [2.05, 4.69) is 0 Å². The summed E-state index contributed by atoms with van der Waals surface area (Å²) in [5.74, 6) is -0.584. The molecule has 148 valence electrons. The van der Waals surface area contributed by atoms with Crippen molar-refractivity contribution >= 4 is 0 Å². The number of phenolic OH excluding ortho intramolecular Hbond substituents is 2. The second kappa shape index (κ2) is 8.96. The zero-order valence-electron chi connectivity index (χ0n) is 14.6. The molecule has 1 heterocycles. The summed E-state index contributed by atoms with van der Waals surface area (Å²) >= 11 is 0. The number of methoxy groups -OCH3 is 1.